The standard InChI is InChI=1S/C27H32N2O/c1-20-10-8-9-15-23(20)18-28-26-24(16-17-30)19-29-27(26)25(21-11-4-2-5-12-21)22-13-6-3-7-14-22/h2-15,24-30H,16-19H2,1H3. The fraction of sp³-hybridized carbons (Fsp3) is 0.333. The van der Waals surface area contributed by atoms with E-state index in [2.05, 4.69) is 102 Å². The molecule has 0 amide bonds. The number of aryl methyl sites for hydroxylation is 1. The number of aliphatic hydroxyl groups excluding tert-OH is 1. The summed E-state index contributed by atoms with van der Waals surface area (Å²) in [5.74, 6) is 0.657. The summed E-state index contributed by atoms with van der Waals surface area (Å²) in [6, 6.07) is 30.7. The van der Waals surface area contributed by atoms with E-state index in [9.17, 15) is 5.11 Å². The summed E-state index contributed by atoms with van der Waals surface area (Å²) in [6.07, 6.45) is 0.811. The molecule has 3 N–H and O–H groups in total. The molecule has 30 heavy (non-hydrogen) atoms. The first-order valence-corrected chi connectivity index (χ1v) is 11.0. The summed E-state index contributed by atoms with van der Waals surface area (Å²) in [5, 5.41) is 17.4. The average molecular weight is 401 g/mol. The Bertz CT molecular complexity index is 873. The van der Waals surface area contributed by atoms with Crippen molar-refractivity contribution in [2.75, 3.05) is 13.2 Å². The lowest BCUT2D eigenvalue weighted by Gasteiger charge is -2.32. The lowest BCUT2D eigenvalue weighted by atomic mass is 9.80. The van der Waals surface area contributed by atoms with Gasteiger partial charge in [0.1, 0.15) is 0 Å². The van der Waals surface area contributed by atoms with Crippen molar-refractivity contribution < 1.29 is 5.11 Å². The summed E-state index contributed by atoms with van der Waals surface area (Å²) in [6.45, 7) is 4.16. The molecule has 3 nitrogen and oxygen atoms in total. The van der Waals surface area contributed by atoms with Crippen LogP contribution < -0.4 is 10.6 Å². The fourth-order valence-electron chi connectivity index (χ4n) is 4.86. The lowest BCUT2D eigenvalue weighted by Crippen LogP contribution is -2.46. The third-order valence-corrected chi connectivity index (χ3v) is 6.48. The van der Waals surface area contributed by atoms with Gasteiger partial charge < -0.3 is 15.7 Å². The van der Waals surface area contributed by atoms with Crippen molar-refractivity contribution in [1.82, 2.24) is 10.6 Å². The predicted molar refractivity (Wildman–Crippen MR) is 124 cm³/mol. The minimum atomic E-state index is 0.225. The van der Waals surface area contributed by atoms with Crippen LogP contribution in [0.2, 0.25) is 0 Å². The third kappa shape index (κ3) is 4.65. The molecule has 3 atom stereocenters. The first-order valence-electron chi connectivity index (χ1n) is 11.0. The van der Waals surface area contributed by atoms with Gasteiger partial charge in [0.2, 0.25) is 0 Å². The van der Waals surface area contributed by atoms with E-state index in [4.69, 9.17) is 0 Å². The van der Waals surface area contributed by atoms with E-state index in [1.165, 1.54) is 22.3 Å². The zero-order valence-corrected chi connectivity index (χ0v) is 17.7. The molecule has 4 rings (SSSR count). The average Bonchev–Trinajstić information content (AvgIpc) is 3.17. The second kappa shape index (κ2) is 10.0. The monoisotopic (exact) mass is 400 g/mol. The highest BCUT2D eigenvalue weighted by atomic mass is 16.3. The quantitative estimate of drug-likeness (QED) is 0.529. The van der Waals surface area contributed by atoms with E-state index in [1.54, 1.807) is 0 Å². The van der Waals surface area contributed by atoms with Crippen molar-refractivity contribution in [2.24, 2.45) is 5.92 Å². The minimum Gasteiger partial charge on any atom is -0.396 e. The van der Waals surface area contributed by atoms with E-state index in [0.29, 0.717) is 5.92 Å². The van der Waals surface area contributed by atoms with Crippen LogP contribution in [0, 0.1) is 12.8 Å². The fourth-order valence-corrected chi connectivity index (χ4v) is 4.86. The molecule has 0 radical (unpaired) electrons. The van der Waals surface area contributed by atoms with Crippen LogP contribution in [-0.2, 0) is 6.54 Å². The molecule has 0 aromatic heterocycles. The Morgan fingerprint density at radius 1 is 0.900 bits per heavy atom. The summed E-state index contributed by atoms with van der Waals surface area (Å²) < 4.78 is 0. The van der Waals surface area contributed by atoms with Crippen molar-refractivity contribution >= 4 is 0 Å². The van der Waals surface area contributed by atoms with Crippen LogP contribution in [0.3, 0.4) is 0 Å². The van der Waals surface area contributed by atoms with Gasteiger partial charge in [-0.2, -0.15) is 0 Å². The summed E-state index contributed by atoms with van der Waals surface area (Å²) >= 11 is 0. The van der Waals surface area contributed by atoms with Crippen molar-refractivity contribution in [3.8, 4) is 0 Å². The van der Waals surface area contributed by atoms with Gasteiger partial charge in [0, 0.05) is 31.2 Å². The SMILES string of the molecule is Cc1ccccc1CNC1C(CCO)CNC1C(c1ccccc1)c1ccccc1. The Balaban J connectivity index is 1.65. The van der Waals surface area contributed by atoms with Crippen LogP contribution in [0.1, 0.15) is 34.6 Å². The van der Waals surface area contributed by atoms with Crippen molar-refractivity contribution in [3.05, 3.63) is 107 Å². The highest BCUT2D eigenvalue weighted by Crippen LogP contribution is 2.35. The van der Waals surface area contributed by atoms with Gasteiger partial charge in [-0.25, -0.2) is 0 Å². The number of hydrogen-bond acceptors (Lipinski definition) is 3. The van der Waals surface area contributed by atoms with Crippen LogP contribution in [0.4, 0.5) is 0 Å². The van der Waals surface area contributed by atoms with Gasteiger partial charge in [0.15, 0.2) is 0 Å². The zero-order valence-electron chi connectivity index (χ0n) is 17.7. The van der Waals surface area contributed by atoms with E-state index >= 15 is 0 Å². The topological polar surface area (TPSA) is 44.3 Å². The van der Waals surface area contributed by atoms with Crippen molar-refractivity contribution in [3.63, 3.8) is 0 Å². The molecule has 156 valence electrons. The molecule has 0 saturated carbocycles. The summed E-state index contributed by atoms with van der Waals surface area (Å²) in [4.78, 5) is 0. The Morgan fingerprint density at radius 2 is 1.50 bits per heavy atom. The first-order chi connectivity index (χ1) is 14.8. The second-order valence-electron chi connectivity index (χ2n) is 8.34. The molecule has 3 aromatic carbocycles. The van der Waals surface area contributed by atoms with Gasteiger partial charge in [-0.3, -0.25) is 0 Å². The molecule has 0 spiro atoms. The Labute approximate surface area is 180 Å². The molecular formula is C27H32N2O. The minimum absolute atomic E-state index is 0.225. The number of aliphatic hydroxyl groups is 1. The maximum absolute atomic E-state index is 9.68. The van der Waals surface area contributed by atoms with Crippen LogP contribution in [0.5, 0.6) is 0 Å². The van der Waals surface area contributed by atoms with Crippen LogP contribution in [0.25, 0.3) is 0 Å². The largest absolute Gasteiger partial charge is 0.396 e. The van der Waals surface area contributed by atoms with Gasteiger partial charge in [0.25, 0.3) is 0 Å². The molecule has 3 unspecified atom stereocenters. The van der Waals surface area contributed by atoms with Crippen LogP contribution in [0.15, 0.2) is 84.9 Å². The van der Waals surface area contributed by atoms with E-state index in [1.807, 2.05) is 0 Å². The second-order valence-corrected chi connectivity index (χ2v) is 8.34. The molecule has 3 aromatic rings. The van der Waals surface area contributed by atoms with Crippen LogP contribution >= 0.6 is 0 Å². The van der Waals surface area contributed by atoms with Gasteiger partial charge >= 0.3 is 0 Å². The molecular weight excluding hydrogens is 368 g/mol. The van der Waals surface area contributed by atoms with Gasteiger partial charge in [-0.15, -0.1) is 0 Å². The highest BCUT2D eigenvalue weighted by Gasteiger charge is 2.40. The molecule has 1 heterocycles. The maximum atomic E-state index is 9.68. The van der Waals surface area contributed by atoms with Crippen LogP contribution in [-0.4, -0.2) is 30.3 Å². The molecule has 0 bridgehead atoms. The van der Waals surface area contributed by atoms with Crippen molar-refractivity contribution in [2.45, 2.75) is 37.9 Å². The lowest BCUT2D eigenvalue weighted by molar-refractivity contribution is 0.241. The number of hydrogen-bond donors (Lipinski definition) is 3. The number of nitrogens with one attached hydrogen (secondary N) is 2. The number of benzene rings is 3. The maximum Gasteiger partial charge on any atom is 0.0434 e. The normalized spacial score (nSPS) is 21.2. The summed E-state index contributed by atoms with van der Waals surface area (Å²) in [7, 11) is 0. The third-order valence-electron chi connectivity index (χ3n) is 6.48. The van der Waals surface area contributed by atoms with Crippen molar-refractivity contribution in [1.29, 1.82) is 0 Å². The highest BCUT2D eigenvalue weighted by molar-refractivity contribution is 5.36. The molecule has 0 aliphatic carbocycles. The Hall–Kier alpha value is -2.46. The van der Waals surface area contributed by atoms with Gasteiger partial charge in [-0.05, 0) is 48.1 Å². The van der Waals surface area contributed by atoms with Gasteiger partial charge in [0.05, 0.1) is 0 Å². The van der Waals surface area contributed by atoms with Gasteiger partial charge in [-0.1, -0.05) is 84.9 Å². The molecule has 1 aliphatic rings. The first kappa shape index (κ1) is 20.8. The van der Waals surface area contributed by atoms with E-state index in [0.717, 1.165) is 19.5 Å². The summed E-state index contributed by atoms with van der Waals surface area (Å²) in [5.41, 5.74) is 5.30. The predicted octanol–water partition coefficient (Wildman–Crippen LogP) is 4.26. The smallest absolute Gasteiger partial charge is 0.0434 e. The zero-order chi connectivity index (χ0) is 20.8. The molecule has 1 aliphatic heterocycles. The number of rotatable bonds is 8. The van der Waals surface area contributed by atoms with E-state index < -0.39 is 0 Å². The molecule has 1 fully saturated rings. The Morgan fingerprint density at radius 3 is 2.10 bits per heavy atom. The molecule has 3 heteroatoms. The molecule has 1 saturated heterocycles. The Kier molecular flexibility index (Phi) is 6.96. The van der Waals surface area contributed by atoms with E-state index in [-0.39, 0.29) is 24.6 Å².